The van der Waals surface area contributed by atoms with Crippen molar-refractivity contribution in [2.24, 2.45) is 5.73 Å². The molecule has 1 aromatic heterocycles. The average molecular weight is 343 g/mol. The van der Waals surface area contributed by atoms with Gasteiger partial charge in [-0.3, -0.25) is 0 Å². The van der Waals surface area contributed by atoms with Crippen LogP contribution in [0.25, 0.3) is 0 Å². The van der Waals surface area contributed by atoms with E-state index in [1.807, 2.05) is 18.2 Å². The topological polar surface area (TPSA) is 50.9 Å². The van der Waals surface area contributed by atoms with Crippen LogP contribution in [0.4, 0.5) is 11.5 Å². The van der Waals surface area contributed by atoms with Gasteiger partial charge in [-0.05, 0) is 30.3 Å². The molecule has 0 unspecified atom stereocenters. The molecule has 0 radical (unpaired) electrons. The van der Waals surface area contributed by atoms with Gasteiger partial charge in [0.2, 0.25) is 0 Å². The molecule has 0 bridgehead atoms. The summed E-state index contributed by atoms with van der Waals surface area (Å²) < 4.78 is 0.939. The fraction of sp³-hybridized carbons (Fsp3) is 0. The van der Waals surface area contributed by atoms with Gasteiger partial charge in [0.1, 0.15) is 10.8 Å². The molecule has 3 N–H and O–H groups in total. The fourth-order valence-electron chi connectivity index (χ4n) is 1.34. The third-order valence-corrected chi connectivity index (χ3v) is 3.30. The maximum atomic E-state index is 6.08. The lowest BCUT2D eigenvalue weighted by Crippen LogP contribution is -2.09. The second-order valence-corrected chi connectivity index (χ2v) is 5.31. The average Bonchev–Trinajstić information content (AvgIpc) is 2.34. The fourth-order valence-corrected chi connectivity index (χ4v) is 1.99. The molecular weight excluding hydrogens is 334 g/mol. The molecule has 6 heteroatoms. The molecule has 0 aliphatic heterocycles. The summed E-state index contributed by atoms with van der Waals surface area (Å²) >= 11 is 14.3. The normalized spacial score (nSPS) is 10.1. The Hall–Kier alpha value is -1.17. The van der Waals surface area contributed by atoms with Crippen LogP contribution in [0.1, 0.15) is 5.56 Å². The molecule has 18 heavy (non-hydrogen) atoms. The van der Waals surface area contributed by atoms with Crippen molar-refractivity contribution in [2.45, 2.75) is 0 Å². The van der Waals surface area contributed by atoms with Gasteiger partial charge in [-0.25, -0.2) is 4.98 Å². The Kier molecular flexibility index (Phi) is 4.16. The Labute approximate surface area is 123 Å². The van der Waals surface area contributed by atoms with Gasteiger partial charge in [0.15, 0.2) is 0 Å². The van der Waals surface area contributed by atoms with Gasteiger partial charge in [0.05, 0.1) is 10.7 Å². The predicted molar refractivity (Wildman–Crippen MR) is 82.6 cm³/mol. The molecule has 0 saturated carbocycles. The first kappa shape index (κ1) is 13.3. The van der Waals surface area contributed by atoms with Crippen molar-refractivity contribution < 1.29 is 0 Å². The van der Waals surface area contributed by atoms with Gasteiger partial charge in [-0.15, -0.1) is 0 Å². The van der Waals surface area contributed by atoms with E-state index in [4.69, 9.17) is 29.6 Å². The Bertz CT molecular complexity index is 586. The number of nitrogens with one attached hydrogen (secondary N) is 1. The molecular formula is C12H9BrClN3S. The van der Waals surface area contributed by atoms with Gasteiger partial charge in [-0.1, -0.05) is 39.7 Å². The summed E-state index contributed by atoms with van der Waals surface area (Å²) in [6.07, 6.45) is 1.62. The van der Waals surface area contributed by atoms with Crippen LogP contribution in [0.3, 0.4) is 0 Å². The van der Waals surface area contributed by atoms with E-state index in [1.54, 1.807) is 18.3 Å². The number of nitrogens with two attached hydrogens (primary N) is 1. The van der Waals surface area contributed by atoms with Crippen LogP contribution >= 0.6 is 39.7 Å². The number of thiocarbonyl (C=S) groups is 1. The van der Waals surface area contributed by atoms with Crippen LogP contribution in [-0.2, 0) is 0 Å². The molecule has 0 atom stereocenters. The minimum atomic E-state index is 0.328. The van der Waals surface area contributed by atoms with Crippen LogP contribution in [0.5, 0.6) is 0 Å². The highest BCUT2D eigenvalue weighted by molar-refractivity contribution is 9.10. The molecule has 3 nitrogen and oxygen atoms in total. The number of hydrogen-bond donors (Lipinski definition) is 2. The van der Waals surface area contributed by atoms with E-state index in [9.17, 15) is 0 Å². The molecule has 0 aliphatic rings. The quantitative estimate of drug-likeness (QED) is 0.831. The number of benzene rings is 1. The molecule has 0 amide bonds. The van der Waals surface area contributed by atoms with Crippen molar-refractivity contribution >= 4 is 56.2 Å². The third kappa shape index (κ3) is 3.19. The summed E-state index contributed by atoms with van der Waals surface area (Å²) in [4.78, 5) is 4.54. The zero-order chi connectivity index (χ0) is 13.1. The second-order valence-electron chi connectivity index (χ2n) is 3.55. The lowest BCUT2D eigenvalue weighted by molar-refractivity contribution is 1.30. The van der Waals surface area contributed by atoms with Gasteiger partial charge in [0.25, 0.3) is 0 Å². The summed E-state index contributed by atoms with van der Waals surface area (Å²) in [6.45, 7) is 0. The minimum Gasteiger partial charge on any atom is -0.389 e. The molecule has 0 spiro atoms. The Balaban J connectivity index is 2.23. The highest BCUT2D eigenvalue weighted by atomic mass is 79.9. The van der Waals surface area contributed by atoms with Gasteiger partial charge in [-0.2, -0.15) is 0 Å². The summed E-state index contributed by atoms with van der Waals surface area (Å²) in [6, 6.07) is 9.16. The maximum absolute atomic E-state index is 6.08. The van der Waals surface area contributed by atoms with E-state index in [0.29, 0.717) is 15.8 Å². The molecule has 2 aromatic rings. The maximum Gasteiger partial charge on any atom is 0.130 e. The Morgan fingerprint density at radius 1 is 1.33 bits per heavy atom. The number of rotatable bonds is 3. The van der Waals surface area contributed by atoms with E-state index >= 15 is 0 Å². The Morgan fingerprint density at radius 2 is 2.11 bits per heavy atom. The van der Waals surface area contributed by atoms with Crippen LogP contribution in [0.2, 0.25) is 5.02 Å². The summed E-state index contributed by atoms with van der Waals surface area (Å²) in [5, 5.41) is 3.75. The number of anilines is 2. The molecule has 0 fully saturated rings. The number of pyridine rings is 1. The first-order chi connectivity index (χ1) is 8.56. The molecule has 0 saturated heterocycles. The highest BCUT2D eigenvalue weighted by Crippen LogP contribution is 2.27. The van der Waals surface area contributed by atoms with Crippen molar-refractivity contribution in [1.82, 2.24) is 4.98 Å². The van der Waals surface area contributed by atoms with E-state index < -0.39 is 0 Å². The van der Waals surface area contributed by atoms with Crippen LogP contribution in [0.15, 0.2) is 41.0 Å². The van der Waals surface area contributed by atoms with Crippen molar-refractivity contribution in [3.63, 3.8) is 0 Å². The third-order valence-electron chi connectivity index (χ3n) is 2.24. The summed E-state index contributed by atoms with van der Waals surface area (Å²) in [5.74, 6) is 0.676. The molecule has 0 aliphatic carbocycles. The van der Waals surface area contributed by atoms with Crippen LogP contribution in [-0.4, -0.2) is 9.97 Å². The van der Waals surface area contributed by atoms with Gasteiger partial charge < -0.3 is 11.1 Å². The van der Waals surface area contributed by atoms with Crippen LogP contribution < -0.4 is 11.1 Å². The number of hydrogen-bond acceptors (Lipinski definition) is 3. The number of aromatic nitrogens is 1. The lowest BCUT2D eigenvalue weighted by atomic mass is 10.2. The zero-order valence-electron chi connectivity index (χ0n) is 9.15. The standard InChI is InChI=1S/C12H9BrClN3S/c13-8-2-3-9(14)10(5-8)17-11-4-1-7(6-16-11)12(15)18/h1-6H,(H2,15,18)(H,16,17). The monoisotopic (exact) mass is 341 g/mol. The van der Waals surface area contributed by atoms with Crippen molar-refractivity contribution in [3.8, 4) is 0 Å². The second kappa shape index (κ2) is 5.65. The minimum absolute atomic E-state index is 0.328. The molecule has 1 heterocycles. The van der Waals surface area contributed by atoms with E-state index in [1.165, 1.54) is 0 Å². The molecule has 1 aromatic carbocycles. The number of halogens is 2. The van der Waals surface area contributed by atoms with Crippen molar-refractivity contribution in [1.29, 1.82) is 0 Å². The number of nitrogens with zero attached hydrogens (tertiary/aromatic N) is 1. The van der Waals surface area contributed by atoms with E-state index in [0.717, 1.165) is 15.7 Å². The van der Waals surface area contributed by atoms with Gasteiger partial charge in [0, 0.05) is 16.2 Å². The Morgan fingerprint density at radius 3 is 2.72 bits per heavy atom. The molecule has 92 valence electrons. The SMILES string of the molecule is NC(=S)c1ccc(Nc2cc(Br)ccc2Cl)nc1. The first-order valence-electron chi connectivity index (χ1n) is 5.04. The van der Waals surface area contributed by atoms with Crippen molar-refractivity contribution in [3.05, 3.63) is 51.6 Å². The zero-order valence-corrected chi connectivity index (χ0v) is 12.3. The van der Waals surface area contributed by atoms with Crippen molar-refractivity contribution in [2.75, 3.05) is 5.32 Å². The van der Waals surface area contributed by atoms with Gasteiger partial charge >= 0.3 is 0 Å². The summed E-state index contributed by atoms with van der Waals surface area (Å²) in [5.41, 5.74) is 7.02. The smallest absolute Gasteiger partial charge is 0.130 e. The first-order valence-corrected chi connectivity index (χ1v) is 6.62. The van der Waals surface area contributed by atoms with Crippen LogP contribution in [0, 0.1) is 0 Å². The predicted octanol–water partition coefficient (Wildman–Crippen LogP) is 3.88. The van der Waals surface area contributed by atoms with E-state index in [-0.39, 0.29) is 0 Å². The highest BCUT2D eigenvalue weighted by Gasteiger charge is 2.03. The summed E-state index contributed by atoms with van der Waals surface area (Å²) in [7, 11) is 0. The largest absolute Gasteiger partial charge is 0.389 e. The van der Waals surface area contributed by atoms with E-state index in [2.05, 4.69) is 26.2 Å². The lowest BCUT2D eigenvalue weighted by Gasteiger charge is -2.08. The molecule has 2 rings (SSSR count).